The molecule has 3 rings (SSSR count). The van der Waals surface area contributed by atoms with Crippen molar-refractivity contribution < 1.29 is 27.1 Å². The number of rotatable bonds is 4. The minimum Gasteiger partial charge on any atom is -0.450 e. The summed E-state index contributed by atoms with van der Waals surface area (Å²) in [6.07, 6.45) is 0.801. The molecule has 1 aromatic rings. The molecule has 0 aliphatic carbocycles. The number of halogens is 1. The van der Waals surface area contributed by atoms with Gasteiger partial charge in [0.15, 0.2) is 0 Å². The average Bonchev–Trinajstić information content (AvgIpc) is 2.74. The summed E-state index contributed by atoms with van der Waals surface area (Å²) >= 11 is 0. The summed E-state index contributed by atoms with van der Waals surface area (Å²) < 4.78 is 44.7. The summed E-state index contributed by atoms with van der Waals surface area (Å²) in [6, 6.07) is 4.74. The fraction of sp³-hybridized carbons (Fsp3) is 0.579. The van der Waals surface area contributed by atoms with Gasteiger partial charge in [0.05, 0.1) is 11.5 Å². The van der Waals surface area contributed by atoms with E-state index in [4.69, 9.17) is 4.74 Å². The summed E-state index contributed by atoms with van der Waals surface area (Å²) in [7, 11) is -3.70. The van der Waals surface area contributed by atoms with Crippen LogP contribution in [0.15, 0.2) is 29.2 Å². The van der Waals surface area contributed by atoms with Gasteiger partial charge in [0, 0.05) is 45.2 Å². The lowest BCUT2D eigenvalue weighted by atomic mass is 9.95. The molecule has 0 bridgehead atoms. The third kappa shape index (κ3) is 4.87. The van der Waals surface area contributed by atoms with Crippen LogP contribution in [0.3, 0.4) is 0 Å². The molecule has 2 aliphatic heterocycles. The molecule has 8 nitrogen and oxygen atoms in total. The molecule has 0 N–H and O–H groups in total. The predicted molar refractivity (Wildman–Crippen MR) is 103 cm³/mol. The van der Waals surface area contributed by atoms with Gasteiger partial charge in [-0.25, -0.2) is 17.6 Å². The van der Waals surface area contributed by atoms with Gasteiger partial charge < -0.3 is 14.5 Å². The molecule has 1 aromatic carbocycles. The van der Waals surface area contributed by atoms with Crippen LogP contribution in [0.1, 0.15) is 19.8 Å². The Hall–Kier alpha value is -2.20. The second-order valence-electron chi connectivity index (χ2n) is 7.14. The molecular weight excluding hydrogens is 401 g/mol. The first-order chi connectivity index (χ1) is 13.8. The molecule has 2 aliphatic rings. The Morgan fingerprint density at radius 1 is 1.00 bits per heavy atom. The number of piperidine rings is 1. The summed E-state index contributed by atoms with van der Waals surface area (Å²) in [5.74, 6) is -0.651. The molecule has 2 heterocycles. The van der Waals surface area contributed by atoms with E-state index in [9.17, 15) is 22.4 Å². The third-order valence-electron chi connectivity index (χ3n) is 5.37. The first-order valence-electron chi connectivity index (χ1n) is 9.79. The molecule has 2 fully saturated rings. The Balaban J connectivity index is 1.52. The normalized spacial score (nSPS) is 19.2. The summed E-state index contributed by atoms with van der Waals surface area (Å²) in [5, 5.41) is 0. The second kappa shape index (κ2) is 9.08. The molecule has 29 heavy (non-hydrogen) atoms. The SMILES string of the molecule is CCOC(=O)N1CCC(C(=O)N2CCN(S(=O)(=O)c3ccc(F)cc3)CC2)CC1. The molecule has 0 unspecified atom stereocenters. The monoisotopic (exact) mass is 427 g/mol. The van der Waals surface area contributed by atoms with Gasteiger partial charge in [0.2, 0.25) is 15.9 Å². The molecule has 0 spiro atoms. The number of hydrogen-bond acceptors (Lipinski definition) is 5. The molecule has 0 saturated carbocycles. The van der Waals surface area contributed by atoms with E-state index in [1.807, 2.05) is 0 Å². The van der Waals surface area contributed by atoms with Crippen molar-refractivity contribution in [2.75, 3.05) is 45.9 Å². The maximum absolute atomic E-state index is 13.1. The van der Waals surface area contributed by atoms with Gasteiger partial charge in [-0.2, -0.15) is 4.31 Å². The zero-order valence-electron chi connectivity index (χ0n) is 16.4. The maximum Gasteiger partial charge on any atom is 0.409 e. The van der Waals surface area contributed by atoms with Gasteiger partial charge in [-0.1, -0.05) is 0 Å². The van der Waals surface area contributed by atoms with Gasteiger partial charge in [-0.05, 0) is 44.0 Å². The standard InChI is InChI=1S/C19H26FN3O5S/c1-2-28-19(25)22-9-7-15(8-10-22)18(24)21-11-13-23(14-12-21)29(26,27)17-5-3-16(20)4-6-17/h3-6,15H,2,7-14H2,1H3. The largest absolute Gasteiger partial charge is 0.450 e. The smallest absolute Gasteiger partial charge is 0.409 e. The molecule has 0 radical (unpaired) electrons. The Labute approximate surface area is 170 Å². The first kappa shape index (κ1) is 21.5. The molecular formula is C19H26FN3O5S. The van der Waals surface area contributed by atoms with Gasteiger partial charge >= 0.3 is 6.09 Å². The number of benzene rings is 1. The van der Waals surface area contributed by atoms with Gasteiger partial charge in [-0.15, -0.1) is 0 Å². The van der Waals surface area contributed by atoms with E-state index >= 15 is 0 Å². The van der Waals surface area contributed by atoms with E-state index in [-0.39, 0.29) is 35.9 Å². The summed E-state index contributed by atoms with van der Waals surface area (Å²) in [6.45, 7) is 4.07. The lowest BCUT2D eigenvalue weighted by Crippen LogP contribution is -2.53. The van der Waals surface area contributed by atoms with Gasteiger partial charge in [-0.3, -0.25) is 4.79 Å². The van der Waals surface area contributed by atoms with Gasteiger partial charge in [0.25, 0.3) is 0 Å². The Morgan fingerprint density at radius 3 is 2.14 bits per heavy atom. The van der Waals surface area contributed by atoms with E-state index in [1.165, 1.54) is 16.4 Å². The lowest BCUT2D eigenvalue weighted by molar-refractivity contribution is -0.138. The zero-order chi connectivity index (χ0) is 21.0. The number of nitrogens with zero attached hydrogens (tertiary/aromatic N) is 3. The highest BCUT2D eigenvalue weighted by molar-refractivity contribution is 7.89. The van der Waals surface area contributed by atoms with Crippen LogP contribution in [0, 0.1) is 11.7 Å². The topological polar surface area (TPSA) is 87.2 Å². The van der Waals surface area contributed by atoms with Crippen molar-refractivity contribution in [1.82, 2.24) is 14.1 Å². The van der Waals surface area contributed by atoms with Crippen molar-refractivity contribution in [2.45, 2.75) is 24.7 Å². The van der Waals surface area contributed by atoms with E-state index in [1.54, 1.807) is 16.7 Å². The fourth-order valence-electron chi connectivity index (χ4n) is 3.69. The number of likely N-dealkylation sites (tertiary alicyclic amines) is 1. The molecule has 10 heteroatoms. The van der Waals surface area contributed by atoms with E-state index < -0.39 is 15.8 Å². The summed E-state index contributed by atoms with van der Waals surface area (Å²) in [4.78, 5) is 27.9. The van der Waals surface area contributed by atoms with E-state index in [0.717, 1.165) is 12.1 Å². The first-order valence-corrected chi connectivity index (χ1v) is 11.2. The van der Waals surface area contributed by atoms with Crippen molar-refractivity contribution in [2.24, 2.45) is 5.92 Å². The molecule has 160 valence electrons. The van der Waals surface area contributed by atoms with Crippen LogP contribution in [0.2, 0.25) is 0 Å². The van der Waals surface area contributed by atoms with Crippen LogP contribution in [0.25, 0.3) is 0 Å². The highest BCUT2D eigenvalue weighted by Crippen LogP contribution is 2.23. The average molecular weight is 427 g/mol. The molecule has 0 atom stereocenters. The highest BCUT2D eigenvalue weighted by atomic mass is 32.2. The van der Waals surface area contributed by atoms with Gasteiger partial charge in [0.1, 0.15) is 5.82 Å². The minimum absolute atomic E-state index is 0.00680. The maximum atomic E-state index is 13.1. The molecule has 2 amide bonds. The number of sulfonamides is 1. The fourth-order valence-corrected chi connectivity index (χ4v) is 5.11. The quantitative estimate of drug-likeness (QED) is 0.727. The van der Waals surface area contributed by atoms with Crippen molar-refractivity contribution in [1.29, 1.82) is 0 Å². The van der Waals surface area contributed by atoms with Crippen LogP contribution < -0.4 is 0 Å². The van der Waals surface area contributed by atoms with Crippen molar-refractivity contribution in [3.63, 3.8) is 0 Å². The predicted octanol–water partition coefficient (Wildman–Crippen LogP) is 1.53. The number of ether oxygens (including phenoxy) is 1. The number of piperazine rings is 1. The summed E-state index contributed by atoms with van der Waals surface area (Å²) in [5.41, 5.74) is 0. The van der Waals surface area contributed by atoms with Crippen molar-refractivity contribution in [3.8, 4) is 0 Å². The minimum atomic E-state index is -3.70. The van der Waals surface area contributed by atoms with Crippen LogP contribution in [-0.4, -0.2) is 80.4 Å². The van der Waals surface area contributed by atoms with Crippen LogP contribution in [-0.2, 0) is 19.6 Å². The highest BCUT2D eigenvalue weighted by Gasteiger charge is 2.34. The Bertz CT molecular complexity index is 830. The van der Waals surface area contributed by atoms with E-state index in [2.05, 4.69) is 0 Å². The number of amides is 2. The Kier molecular flexibility index (Phi) is 6.74. The number of carbonyl (C=O) groups excluding carboxylic acids is 2. The van der Waals surface area contributed by atoms with Crippen molar-refractivity contribution >= 4 is 22.0 Å². The molecule has 0 aromatic heterocycles. The molecule has 2 saturated heterocycles. The number of carbonyl (C=O) groups is 2. The van der Waals surface area contributed by atoms with Crippen LogP contribution >= 0.6 is 0 Å². The third-order valence-corrected chi connectivity index (χ3v) is 7.28. The Morgan fingerprint density at radius 2 is 1.59 bits per heavy atom. The van der Waals surface area contributed by atoms with E-state index in [0.29, 0.717) is 45.6 Å². The van der Waals surface area contributed by atoms with Crippen LogP contribution in [0.5, 0.6) is 0 Å². The van der Waals surface area contributed by atoms with Crippen molar-refractivity contribution in [3.05, 3.63) is 30.1 Å². The lowest BCUT2D eigenvalue weighted by Gasteiger charge is -2.37. The zero-order valence-corrected chi connectivity index (χ0v) is 17.2. The number of hydrogen-bond donors (Lipinski definition) is 0. The van der Waals surface area contributed by atoms with Crippen LogP contribution in [0.4, 0.5) is 9.18 Å². The second-order valence-corrected chi connectivity index (χ2v) is 9.08.